The molecule has 0 bridgehead atoms. The number of carboxylic acids is 1. The van der Waals surface area contributed by atoms with Crippen molar-refractivity contribution in [3.63, 3.8) is 0 Å². The van der Waals surface area contributed by atoms with Gasteiger partial charge in [-0.2, -0.15) is 13.2 Å². The van der Waals surface area contributed by atoms with Crippen molar-refractivity contribution in [2.75, 3.05) is 0 Å². The standard InChI is InChI=1S/C13H19F3N2O4/c1-2-3-4-8(12(21)22)17-10(19)7-5-6-9(13(14,15)16)18-11(7)20/h7-9H,2-6H2,1H3,(H,17,19)(H,18,20)(H,21,22)/t7?,8-,9?/m0/s1. The van der Waals surface area contributed by atoms with Crippen LogP contribution in [0.5, 0.6) is 0 Å². The van der Waals surface area contributed by atoms with Crippen LogP contribution in [0.15, 0.2) is 0 Å². The summed E-state index contributed by atoms with van der Waals surface area (Å²) in [6.07, 6.45) is -3.71. The van der Waals surface area contributed by atoms with Crippen LogP contribution < -0.4 is 10.6 Å². The molecule has 0 saturated carbocycles. The number of rotatable bonds is 6. The van der Waals surface area contributed by atoms with Gasteiger partial charge in [0.05, 0.1) is 0 Å². The summed E-state index contributed by atoms with van der Waals surface area (Å²) in [6, 6.07) is -3.10. The highest BCUT2D eigenvalue weighted by Gasteiger charge is 2.46. The Morgan fingerprint density at radius 3 is 2.50 bits per heavy atom. The fourth-order valence-electron chi connectivity index (χ4n) is 2.24. The molecule has 1 aliphatic heterocycles. The number of carbonyl (C=O) groups is 3. The number of aliphatic carboxylic acids is 1. The van der Waals surface area contributed by atoms with Crippen LogP contribution in [0.3, 0.4) is 0 Å². The number of amides is 2. The fraction of sp³-hybridized carbons (Fsp3) is 0.769. The van der Waals surface area contributed by atoms with E-state index in [0.717, 1.165) is 6.42 Å². The van der Waals surface area contributed by atoms with Crippen LogP contribution in [0.4, 0.5) is 13.2 Å². The first-order chi connectivity index (χ1) is 10.2. The van der Waals surface area contributed by atoms with Gasteiger partial charge in [-0.1, -0.05) is 19.8 Å². The average Bonchev–Trinajstić information content (AvgIpc) is 2.41. The Labute approximate surface area is 125 Å². The fourth-order valence-corrected chi connectivity index (χ4v) is 2.24. The predicted octanol–water partition coefficient (Wildman–Crippen LogP) is 1.20. The van der Waals surface area contributed by atoms with Gasteiger partial charge in [0.15, 0.2) is 0 Å². The molecule has 0 aromatic rings. The van der Waals surface area contributed by atoms with Crippen molar-refractivity contribution in [1.29, 1.82) is 0 Å². The Hall–Kier alpha value is -1.80. The van der Waals surface area contributed by atoms with Crippen molar-refractivity contribution in [3.05, 3.63) is 0 Å². The third-order valence-corrected chi connectivity index (χ3v) is 3.55. The van der Waals surface area contributed by atoms with Gasteiger partial charge in [-0.05, 0) is 19.3 Å². The van der Waals surface area contributed by atoms with Gasteiger partial charge in [-0.25, -0.2) is 4.79 Å². The molecule has 126 valence electrons. The molecular formula is C13H19F3N2O4. The second-order valence-corrected chi connectivity index (χ2v) is 5.27. The molecule has 1 heterocycles. The number of alkyl halides is 3. The number of hydrogen-bond donors (Lipinski definition) is 3. The second kappa shape index (κ2) is 7.46. The molecule has 0 aromatic heterocycles. The van der Waals surface area contributed by atoms with Gasteiger partial charge >= 0.3 is 12.1 Å². The maximum absolute atomic E-state index is 12.5. The van der Waals surface area contributed by atoms with E-state index in [4.69, 9.17) is 5.11 Å². The topological polar surface area (TPSA) is 95.5 Å². The number of halogens is 3. The summed E-state index contributed by atoms with van der Waals surface area (Å²) in [4.78, 5) is 34.6. The summed E-state index contributed by atoms with van der Waals surface area (Å²) in [5.74, 6) is -4.39. The van der Waals surface area contributed by atoms with E-state index in [1.54, 1.807) is 5.32 Å². The van der Waals surface area contributed by atoms with E-state index in [2.05, 4.69) is 5.32 Å². The van der Waals surface area contributed by atoms with Gasteiger partial charge in [0.2, 0.25) is 11.8 Å². The number of hydrogen-bond acceptors (Lipinski definition) is 3. The Bertz CT molecular complexity index is 439. The van der Waals surface area contributed by atoms with E-state index in [9.17, 15) is 27.6 Å². The minimum atomic E-state index is -4.55. The van der Waals surface area contributed by atoms with Gasteiger partial charge < -0.3 is 15.7 Å². The molecule has 1 rings (SSSR count). The normalized spacial score (nSPS) is 23.5. The van der Waals surface area contributed by atoms with E-state index < -0.39 is 48.4 Å². The van der Waals surface area contributed by atoms with Gasteiger partial charge in [-0.15, -0.1) is 0 Å². The van der Waals surface area contributed by atoms with E-state index in [1.165, 1.54) is 0 Å². The number of carbonyl (C=O) groups excluding carboxylic acids is 2. The molecule has 0 aliphatic carbocycles. The number of unbranched alkanes of at least 4 members (excludes halogenated alkanes) is 1. The maximum atomic E-state index is 12.5. The third-order valence-electron chi connectivity index (χ3n) is 3.55. The smallest absolute Gasteiger partial charge is 0.408 e. The van der Waals surface area contributed by atoms with Gasteiger partial charge in [0, 0.05) is 0 Å². The Morgan fingerprint density at radius 1 is 1.41 bits per heavy atom. The monoisotopic (exact) mass is 324 g/mol. The summed E-state index contributed by atoms with van der Waals surface area (Å²) >= 11 is 0. The average molecular weight is 324 g/mol. The molecule has 0 radical (unpaired) electrons. The minimum Gasteiger partial charge on any atom is -0.480 e. The van der Waals surface area contributed by atoms with Crippen molar-refractivity contribution in [3.8, 4) is 0 Å². The summed E-state index contributed by atoms with van der Waals surface area (Å²) in [6.45, 7) is 1.85. The molecule has 2 unspecified atom stereocenters. The van der Waals surface area contributed by atoms with Gasteiger partial charge in [0.25, 0.3) is 0 Å². The van der Waals surface area contributed by atoms with Crippen LogP contribution in [0.25, 0.3) is 0 Å². The van der Waals surface area contributed by atoms with Crippen LogP contribution in [0.2, 0.25) is 0 Å². The summed E-state index contributed by atoms with van der Waals surface area (Å²) in [7, 11) is 0. The number of nitrogens with one attached hydrogen (secondary N) is 2. The predicted molar refractivity (Wildman–Crippen MR) is 69.8 cm³/mol. The van der Waals surface area contributed by atoms with Crippen LogP contribution in [-0.4, -0.2) is 41.2 Å². The highest BCUT2D eigenvalue weighted by molar-refractivity contribution is 6.01. The lowest BCUT2D eigenvalue weighted by Gasteiger charge is -2.30. The van der Waals surface area contributed by atoms with Gasteiger partial charge in [-0.3, -0.25) is 9.59 Å². The lowest BCUT2D eigenvalue weighted by atomic mass is 9.92. The Balaban J connectivity index is 2.62. The minimum absolute atomic E-state index is 0.205. The quantitative estimate of drug-likeness (QED) is 0.640. The van der Waals surface area contributed by atoms with E-state index >= 15 is 0 Å². The molecule has 1 fully saturated rings. The number of piperidine rings is 1. The molecule has 3 atom stereocenters. The highest BCUT2D eigenvalue weighted by atomic mass is 19.4. The first kappa shape index (κ1) is 18.2. The molecule has 6 nitrogen and oxygen atoms in total. The first-order valence-electron chi connectivity index (χ1n) is 7.07. The second-order valence-electron chi connectivity index (χ2n) is 5.27. The van der Waals surface area contributed by atoms with Crippen molar-refractivity contribution >= 4 is 17.8 Å². The molecule has 3 N–H and O–H groups in total. The largest absolute Gasteiger partial charge is 0.480 e. The molecular weight excluding hydrogens is 305 g/mol. The van der Waals surface area contributed by atoms with Crippen LogP contribution in [0, 0.1) is 5.92 Å². The van der Waals surface area contributed by atoms with Crippen molar-refractivity contribution < 1.29 is 32.7 Å². The molecule has 22 heavy (non-hydrogen) atoms. The van der Waals surface area contributed by atoms with Crippen molar-refractivity contribution in [2.24, 2.45) is 5.92 Å². The zero-order chi connectivity index (χ0) is 16.9. The zero-order valence-corrected chi connectivity index (χ0v) is 12.1. The Kier molecular flexibility index (Phi) is 6.19. The summed E-state index contributed by atoms with van der Waals surface area (Å²) in [5.41, 5.74) is 0. The van der Waals surface area contributed by atoms with Crippen LogP contribution >= 0.6 is 0 Å². The van der Waals surface area contributed by atoms with Crippen molar-refractivity contribution in [1.82, 2.24) is 10.6 Å². The highest BCUT2D eigenvalue weighted by Crippen LogP contribution is 2.28. The SMILES string of the molecule is CCCC[C@H](NC(=O)C1CCC(C(F)(F)F)NC1=O)C(=O)O. The first-order valence-corrected chi connectivity index (χ1v) is 7.07. The van der Waals surface area contributed by atoms with E-state index in [-0.39, 0.29) is 12.8 Å². The van der Waals surface area contributed by atoms with Crippen molar-refractivity contribution in [2.45, 2.75) is 57.3 Å². The van der Waals surface area contributed by atoms with E-state index in [0.29, 0.717) is 6.42 Å². The van der Waals surface area contributed by atoms with E-state index in [1.807, 2.05) is 6.92 Å². The van der Waals surface area contributed by atoms with Crippen LogP contribution in [-0.2, 0) is 14.4 Å². The Morgan fingerprint density at radius 2 is 2.05 bits per heavy atom. The molecule has 9 heteroatoms. The molecule has 0 aromatic carbocycles. The molecule has 1 aliphatic rings. The molecule has 2 amide bonds. The lowest BCUT2D eigenvalue weighted by molar-refractivity contribution is -0.171. The maximum Gasteiger partial charge on any atom is 0.408 e. The molecule has 0 spiro atoms. The summed E-state index contributed by atoms with van der Waals surface area (Å²) in [5, 5.41) is 13.0. The number of carboxylic acid groups (broad SMARTS) is 1. The third kappa shape index (κ3) is 4.88. The zero-order valence-electron chi connectivity index (χ0n) is 12.1. The van der Waals surface area contributed by atoms with Gasteiger partial charge in [0.1, 0.15) is 18.0 Å². The molecule has 1 saturated heterocycles. The summed E-state index contributed by atoms with van der Waals surface area (Å²) < 4.78 is 37.5. The lowest BCUT2D eigenvalue weighted by Crippen LogP contribution is -2.55. The van der Waals surface area contributed by atoms with Crippen LogP contribution in [0.1, 0.15) is 39.0 Å².